The Hall–Kier alpha value is -2.48. The molecule has 2 amide bonds. The van der Waals surface area contributed by atoms with Crippen LogP contribution in [0.25, 0.3) is 0 Å². The summed E-state index contributed by atoms with van der Waals surface area (Å²) >= 11 is 0. The van der Waals surface area contributed by atoms with Crippen LogP contribution in [0.2, 0.25) is 0 Å². The molecule has 1 aromatic rings. The molecule has 0 spiro atoms. The highest BCUT2D eigenvalue weighted by atomic mass is 16.6. The fourth-order valence-corrected chi connectivity index (χ4v) is 2.81. The number of carbonyl (C=O) groups is 2. The standard InChI is InChI=1S/C17H23N3O5/c1-19(2)5-6-25-17(22)18-12-9-16(21)20(11-12)13-3-4-14-15(10-13)24-8-7-23-14/h3-4,10,12H,5-9,11H2,1-2H3,(H,18,22)/p+1/t12-/m1/s1. The first-order valence-corrected chi connectivity index (χ1v) is 8.45. The summed E-state index contributed by atoms with van der Waals surface area (Å²) in [6.07, 6.45) is -0.231. The van der Waals surface area contributed by atoms with Gasteiger partial charge in [-0.05, 0) is 12.1 Å². The predicted molar refractivity (Wildman–Crippen MR) is 90.4 cm³/mol. The topological polar surface area (TPSA) is 81.5 Å². The largest absolute Gasteiger partial charge is 0.486 e. The van der Waals surface area contributed by atoms with Gasteiger partial charge < -0.3 is 29.3 Å². The van der Waals surface area contributed by atoms with E-state index in [1.807, 2.05) is 20.2 Å². The SMILES string of the molecule is C[NH+](C)CCOC(=O)N[C@@H]1CC(=O)N(c2ccc3c(c2)OCCO3)C1. The Labute approximate surface area is 146 Å². The highest BCUT2D eigenvalue weighted by Crippen LogP contribution is 2.35. The molecule has 0 radical (unpaired) electrons. The third kappa shape index (κ3) is 4.33. The number of nitrogens with one attached hydrogen (secondary N) is 2. The monoisotopic (exact) mass is 350 g/mol. The number of hydrogen-bond donors (Lipinski definition) is 2. The maximum atomic E-state index is 12.3. The van der Waals surface area contributed by atoms with Crippen LogP contribution in [-0.4, -0.2) is 65.0 Å². The predicted octanol–water partition coefficient (Wildman–Crippen LogP) is -0.566. The van der Waals surface area contributed by atoms with Gasteiger partial charge in [0.15, 0.2) is 11.5 Å². The van der Waals surface area contributed by atoms with Crippen LogP contribution in [-0.2, 0) is 9.53 Å². The summed E-state index contributed by atoms with van der Waals surface area (Å²) in [6.45, 7) is 2.51. The van der Waals surface area contributed by atoms with Gasteiger partial charge in [0.1, 0.15) is 26.4 Å². The van der Waals surface area contributed by atoms with Gasteiger partial charge in [-0.15, -0.1) is 0 Å². The Kier molecular flexibility index (Phi) is 5.28. The second kappa shape index (κ2) is 7.60. The van der Waals surface area contributed by atoms with Gasteiger partial charge >= 0.3 is 6.09 Å². The van der Waals surface area contributed by atoms with E-state index in [0.717, 1.165) is 12.2 Å². The smallest absolute Gasteiger partial charge is 0.407 e. The number of ether oxygens (including phenoxy) is 3. The first kappa shape index (κ1) is 17.3. The van der Waals surface area contributed by atoms with Crippen LogP contribution in [0.3, 0.4) is 0 Å². The molecule has 1 fully saturated rings. The van der Waals surface area contributed by atoms with Gasteiger partial charge in [-0.1, -0.05) is 0 Å². The lowest BCUT2D eigenvalue weighted by atomic mass is 10.2. The van der Waals surface area contributed by atoms with Gasteiger partial charge in [-0.3, -0.25) is 4.79 Å². The number of rotatable bonds is 5. The van der Waals surface area contributed by atoms with Crippen molar-refractivity contribution < 1.29 is 28.7 Å². The maximum Gasteiger partial charge on any atom is 0.407 e. The number of alkyl carbamates (subject to hydrolysis) is 1. The van der Waals surface area contributed by atoms with Crippen molar-refractivity contribution >= 4 is 17.7 Å². The summed E-state index contributed by atoms with van der Waals surface area (Å²) < 4.78 is 16.2. The first-order valence-electron chi connectivity index (χ1n) is 8.45. The van der Waals surface area contributed by atoms with Crippen molar-refractivity contribution in [3.05, 3.63) is 18.2 Å². The number of amides is 2. The van der Waals surface area contributed by atoms with Crippen LogP contribution >= 0.6 is 0 Å². The summed E-state index contributed by atoms with van der Waals surface area (Å²) in [6, 6.07) is 5.16. The summed E-state index contributed by atoms with van der Waals surface area (Å²) in [7, 11) is 3.98. The third-order valence-electron chi connectivity index (χ3n) is 4.12. The molecule has 2 aliphatic heterocycles. The van der Waals surface area contributed by atoms with Crippen molar-refractivity contribution in [1.82, 2.24) is 5.32 Å². The van der Waals surface area contributed by atoms with E-state index < -0.39 is 6.09 Å². The van der Waals surface area contributed by atoms with Crippen molar-refractivity contribution in [2.75, 3.05) is 51.9 Å². The van der Waals surface area contributed by atoms with Gasteiger partial charge in [0.2, 0.25) is 5.91 Å². The molecule has 2 aliphatic rings. The Morgan fingerprint density at radius 3 is 2.84 bits per heavy atom. The van der Waals surface area contributed by atoms with E-state index in [-0.39, 0.29) is 18.4 Å². The zero-order valence-corrected chi connectivity index (χ0v) is 14.5. The highest BCUT2D eigenvalue weighted by molar-refractivity contribution is 5.97. The minimum Gasteiger partial charge on any atom is -0.486 e. The fourth-order valence-electron chi connectivity index (χ4n) is 2.81. The van der Waals surface area contributed by atoms with Crippen molar-refractivity contribution in [1.29, 1.82) is 0 Å². The molecule has 0 saturated carbocycles. The van der Waals surface area contributed by atoms with E-state index in [0.29, 0.717) is 37.9 Å². The van der Waals surface area contributed by atoms with Crippen LogP contribution < -0.4 is 24.6 Å². The molecule has 0 aliphatic carbocycles. The lowest BCUT2D eigenvalue weighted by molar-refractivity contribution is -0.858. The second-order valence-corrected chi connectivity index (χ2v) is 6.47. The van der Waals surface area contributed by atoms with Gasteiger partial charge in [-0.2, -0.15) is 0 Å². The van der Waals surface area contributed by atoms with Crippen LogP contribution in [0, 0.1) is 0 Å². The molecule has 1 saturated heterocycles. The Morgan fingerprint density at radius 1 is 1.32 bits per heavy atom. The second-order valence-electron chi connectivity index (χ2n) is 6.47. The van der Waals surface area contributed by atoms with E-state index in [1.54, 1.807) is 17.0 Å². The molecule has 2 heterocycles. The molecule has 0 aromatic heterocycles. The highest BCUT2D eigenvalue weighted by Gasteiger charge is 2.32. The van der Waals surface area contributed by atoms with Crippen LogP contribution in [0.1, 0.15) is 6.42 Å². The minimum atomic E-state index is -0.483. The molecule has 3 rings (SSSR count). The van der Waals surface area contributed by atoms with Crippen LogP contribution in [0.5, 0.6) is 11.5 Å². The van der Waals surface area contributed by atoms with Gasteiger partial charge in [0.25, 0.3) is 0 Å². The quantitative estimate of drug-likeness (QED) is 0.744. The number of likely N-dealkylation sites (N-methyl/N-ethyl adjacent to an activating group) is 1. The van der Waals surface area contributed by atoms with Crippen molar-refractivity contribution in [3.63, 3.8) is 0 Å². The molecule has 1 atom stereocenters. The molecular weight excluding hydrogens is 326 g/mol. The lowest BCUT2D eigenvalue weighted by Crippen LogP contribution is -3.06. The van der Waals surface area contributed by atoms with Crippen molar-refractivity contribution in [2.45, 2.75) is 12.5 Å². The molecule has 8 nitrogen and oxygen atoms in total. The van der Waals surface area contributed by atoms with Gasteiger partial charge in [0, 0.05) is 24.7 Å². The molecule has 8 heteroatoms. The number of quaternary nitrogens is 1. The number of anilines is 1. The number of fused-ring (bicyclic) bond motifs is 1. The van der Waals surface area contributed by atoms with Crippen LogP contribution in [0.4, 0.5) is 10.5 Å². The summed E-state index contributed by atoms with van der Waals surface area (Å²) in [5.41, 5.74) is 0.739. The Morgan fingerprint density at radius 2 is 2.08 bits per heavy atom. The van der Waals surface area contributed by atoms with Gasteiger partial charge in [0.05, 0.1) is 20.1 Å². The third-order valence-corrected chi connectivity index (χ3v) is 4.12. The molecular formula is C17H24N3O5+. The van der Waals surface area contributed by atoms with E-state index in [4.69, 9.17) is 14.2 Å². The first-order chi connectivity index (χ1) is 12.0. The number of carbonyl (C=O) groups excluding carboxylic acids is 2. The van der Waals surface area contributed by atoms with E-state index >= 15 is 0 Å². The molecule has 0 bridgehead atoms. The summed E-state index contributed by atoms with van der Waals surface area (Å²) in [5.74, 6) is 1.28. The summed E-state index contributed by atoms with van der Waals surface area (Å²) in [4.78, 5) is 27.0. The zero-order chi connectivity index (χ0) is 17.8. The van der Waals surface area contributed by atoms with E-state index in [9.17, 15) is 9.59 Å². The molecule has 0 unspecified atom stereocenters. The molecule has 136 valence electrons. The summed E-state index contributed by atoms with van der Waals surface area (Å²) in [5, 5.41) is 2.76. The number of hydrogen-bond acceptors (Lipinski definition) is 5. The van der Waals surface area contributed by atoms with E-state index in [1.165, 1.54) is 4.90 Å². The van der Waals surface area contributed by atoms with Crippen LogP contribution in [0.15, 0.2) is 18.2 Å². The Balaban J connectivity index is 1.56. The molecule has 1 aromatic carbocycles. The lowest BCUT2D eigenvalue weighted by Gasteiger charge is -2.22. The van der Waals surface area contributed by atoms with E-state index in [2.05, 4.69) is 5.32 Å². The Bertz CT molecular complexity index is 649. The average molecular weight is 350 g/mol. The maximum absolute atomic E-state index is 12.3. The zero-order valence-electron chi connectivity index (χ0n) is 14.5. The number of benzene rings is 1. The average Bonchev–Trinajstić information content (AvgIpc) is 2.94. The van der Waals surface area contributed by atoms with Gasteiger partial charge in [-0.25, -0.2) is 4.79 Å². The fraction of sp³-hybridized carbons (Fsp3) is 0.529. The number of nitrogens with zero attached hydrogens (tertiary/aromatic N) is 1. The molecule has 2 N–H and O–H groups in total. The molecule has 25 heavy (non-hydrogen) atoms. The van der Waals surface area contributed by atoms with Crippen molar-refractivity contribution in [2.24, 2.45) is 0 Å². The minimum absolute atomic E-state index is 0.0419. The normalized spacial score (nSPS) is 19.2. The van der Waals surface area contributed by atoms with Crippen molar-refractivity contribution in [3.8, 4) is 11.5 Å².